The molecule has 2 rings (SSSR count). The first kappa shape index (κ1) is 10.6. The number of aryl methyl sites for hydroxylation is 2. The molecule has 15 heavy (non-hydrogen) atoms. The minimum atomic E-state index is 0.153. The van der Waals surface area contributed by atoms with E-state index in [0.29, 0.717) is 26.3 Å². The molecule has 1 aliphatic rings. The lowest BCUT2D eigenvalue weighted by atomic mass is 10.2. The summed E-state index contributed by atoms with van der Waals surface area (Å²) >= 11 is 1.68. The van der Waals surface area contributed by atoms with E-state index in [2.05, 4.69) is 0 Å². The SMILES string of the molecule is Cc1cc(C(=O)N2CCOCC2)c(C)s1. The number of rotatable bonds is 1. The van der Waals surface area contributed by atoms with Crippen molar-refractivity contribution in [3.05, 3.63) is 21.4 Å². The van der Waals surface area contributed by atoms with Gasteiger partial charge in [0.05, 0.1) is 18.8 Å². The van der Waals surface area contributed by atoms with Gasteiger partial charge in [-0.15, -0.1) is 11.3 Å². The fourth-order valence-electron chi connectivity index (χ4n) is 1.78. The highest BCUT2D eigenvalue weighted by Crippen LogP contribution is 2.22. The number of hydrogen-bond acceptors (Lipinski definition) is 3. The van der Waals surface area contributed by atoms with Crippen molar-refractivity contribution in [3.8, 4) is 0 Å². The van der Waals surface area contributed by atoms with E-state index < -0.39 is 0 Å². The van der Waals surface area contributed by atoms with Gasteiger partial charge in [-0.2, -0.15) is 0 Å². The van der Waals surface area contributed by atoms with Gasteiger partial charge in [-0.1, -0.05) is 0 Å². The molecule has 0 aromatic carbocycles. The summed E-state index contributed by atoms with van der Waals surface area (Å²) in [7, 11) is 0. The van der Waals surface area contributed by atoms with E-state index in [0.717, 1.165) is 10.4 Å². The van der Waals surface area contributed by atoms with Crippen molar-refractivity contribution >= 4 is 17.2 Å². The third kappa shape index (κ3) is 2.21. The van der Waals surface area contributed by atoms with E-state index in [9.17, 15) is 4.79 Å². The molecule has 0 radical (unpaired) electrons. The van der Waals surface area contributed by atoms with Gasteiger partial charge < -0.3 is 9.64 Å². The van der Waals surface area contributed by atoms with Crippen LogP contribution in [0, 0.1) is 13.8 Å². The average molecular weight is 225 g/mol. The Labute approximate surface area is 93.7 Å². The third-order valence-electron chi connectivity index (χ3n) is 2.57. The van der Waals surface area contributed by atoms with Crippen LogP contribution in [0.4, 0.5) is 0 Å². The number of morpholine rings is 1. The minimum absolute atomic E-state index is 0.153. The van der Waals surface area contributed by atoms with Gasteiger partial charge in [-0.25, -0.2) is 0 Å². The molecular formula is C11H15NO2S. The van der Waals surface area contributed by atoms with Crippen LogP contribution in [0.25, 0.3) is 0 Å². The summed E-state index contributed by atoms with van der Waals surface area (Å²) in [4.78, 5) is 16.3. The van der Waals surface area contributed by atoms with E-state index in [1.165, 1.54) is 4.88 Å². The van der Waals surface area contributed by atoms with Gasteiger partial charge in [0.1, 0.15) is 0 Å². The molecule has 4 heteroatoms. The highest BCUT2D eigenvalue weighted by molar-refractivity contribution is 7.12. The Morgan fingerprint density at radius 1 is 1.40 bits per heavy atom. The largest absolute Gasteiger partial charge is 0.378 e. The zero-order chi connectivity index (χ0) is 10.8. The predicted octanol–water partition coefficient (Wildman–Crippen LogP) is 1.84. The maximum Gasteiger partial charge on any atom is 0.255 e. The maximum absolute atomic E-state index is 12.1. The molecule has 0 atom stereocenters. The third-order valence-corrected chi connectivity index (χ3v) is 3.54. The van der Waals surface area contributed by atoms with Crippen LogP contribution >= 0.6 is 11.3 Å². The Hall–Kier alpha value is -0.870. The molecule has 0 saturated carbocycles. The zero-order valence-electron chi connectivity index (χ0n) is 9.08. The van der Waals surface area contributed by atoms with Crippen molar-refractivity contribution in [2.24, 2.45) is 0 Å². The summed E-state index contributed by atoms with van der Waals surface area (Å²) in [5.41, 5.74) is 0.861. The van der Waals surface area contributed by atoms with E-state index in [1.54, 1.807) is 11.3 Å². The number of thiophene rings is 1. The Morgan fingerprint density at radius 2 is 2.07 bits per heavy atom. The Balaban J connectivity index is 2.16. The lowest BCUT2D eigenvalue weighted by Crippen LogP contribution is -2.40. The second-order valence-electron chi connectivity index (χ2n) is 3.73. The van der Waals surface area contributed by atoms with Crippen molar-refractivity contribution in [1.82, 2.24) is 4.90 Å². The molecule has 1 aromatic rings. The number of carbonyl (C=O) groups excluding carboxylic acids is 1. The molecule has 1 amide bonds. The molecule has 0 N–H and O–H groups in total. The molecule has 1 saturated heterocycles. The number of carbonyl (C=O) groups is 1. The van der Waals surface area contributed by atoms with Crippen LogP contribution in [0.3, 0.4) is 0 Å². The number of ether oxygens (including phenoxy) is 1. The normalized spacial score (nSPS) is 16.8. The second-order valence-corrected chi connectivity index (χ2v) is 5.19. The zero-order valence-corrected chi connectivity index (χ0v) is 9.89. The molecular weight excluding hydrogens is 210 g/mol. The molecule has 0 unspecified atom stereocenters. The molecule has 82 valence electrons. The van der Waals surface area contributed by atoms with Crippen LogP contribution in [0.15, 0.2) is 6.07 Å². The lowest BCUT2D eigenvalue weighted by Gasteiger charge is -2.26. The van der Waals surface area contributed by atoms with E-state index >= 15 is 0 Å². The van der Waals surface area contributed by atoms with Gasteiger partial charge in [0.2, 0.25) is 0 Å². The van der Waals surface area contributed by atoms with Gasteiger partial charge in [0.15, 0.2) is 0 Å². The summed E-state index contributed by atoms with van der Waals surface area (Å²) in [6, 6.07) is 1.98. The molecule has 0 bridgehead atoms. The Bertz CT molecular complexity index is 367. The Kier molecular flexibility index (Phi) is 3.07. The fourth-order valence-corrected chi connectivity index (χ4v) is 2.70. The van der Waals surface area contributed by atoms with Crippen LogP contribution in [0.2, 0.25) is 0 Å². The van der Waals surface area contributed by atoms with Gasteiger partial charge in [0, 0.05) is 22.8 Å². The highest BCUT2D eigenvalue weighted by Gasteiger charge is 2.20. The molecule has 3 nitrogen and oxygen atoms in total. The Morgan fingerprint density at radius 3 is 2.60 bits per heavy atom. The van der Waals surface area contributed by atoms with Crippen molar-refractivity contribution in [2.75, 3.05) is 26.3 Å². The number of hydrogen-bond donors (Lipinski definition) is 0. The monoisotopic (exact) mass is 225 g/mol. The van der Waals surface area contributed by atoms with Crippen LogP contribution in [-0.2, 0) is 4.74 Å². The summed E-state index contributed by atoms with van der Waals surface area (Å²) < 4.78 is 5.23. The van der Waals surface area contributed by atoms with Crippen molar-refractivity contribution in [1.29, 1.82) is 0 Å². The highest BCUT2D eigenvalue weighted by atomic mass is 32.1. The van der Waals surface area contributed by atoms with Crippen LogP contribution in [-0.4, -0.2) is 37.1 Å². The second kappa shape index (κ2) is 4.33. The van der Waals surface area contributed by atoms with Gasteiger partial charge >= 0.3 is 0 Å². The molecule has 1 fully saturated rings. The van der Waals surface area contributed by atoms with Crippen LogP contribution < -0.4 is 0 Å². The van der Waals surface area contributed by atoms with Crippen molar-refractivity contribution in [3.63, 3.8) is 0 Å². The van der Waals surface area contributed by atoms with Crippen LogP contribution in [0.1, 0.15) is 20.1 Å². The number of amides is 1. The van der Waals surface area contributed by atoms with E-state index in [4.69, 9.17) is 4.74 Å². The summed E-state index contributed by atoms with van der Waals surface area (Å²) in [6.07, 6.45) is 0. The van der Waals surface area contributed by atoms with Gasteiger partial charge in [-0.3, -0.25) is 4.79 Å². The molecule has 2 heterocycles. The first-order valence-corrected chi connectivity index (χ1v) is 5.94. The smallest absolute Gasteiger partial charge is 0.255 e. The molecule has 0 spiro atoms. The van der Waals surface area contributed by atoms with Gasteiger partial charge in [-0.05, 0) is 19.9 Å². The molecule has 1 aliphatic heterocycles. The first-order valence-electron chi connectivity index (χ1n) is 5.12. The summed E-state index contributed by atoms with van der Waals surface area (Å²) in [6.45, 7) is 6.79. The predicted molar refractivity (Wildman–Crippen MR) is 60.5 cm³/mol. The van der Waals surface area contributed by atoms with Crippen molar-refractivity contribution < 1.29 is 9.53 Å². The van der Waals surface area contributed by atoms with Crippen LogP contribution in [0.5, 0.6) is 0 Å². The first-order chi connectivity index (χ1) is 7.18. The van der Waals surface area contributed by atoms with E-state index in [1.807, 2.05) is 24.8 Å². The molecule has 1 aromatic heterocycles. The molecule has 0 aliphatic carbocycles. The minimum Gasteiger partial charge on any atom is -0.378 e. The van der Waals surface area contributed by atoms with Gasteiger partial charge in [0.25, 0.3) is 5.91 Å². The maximum atomic E-state index is 12.1. The van der Waals surface area contributed by atoms with Crippen molar-refractivity contribution in [2.45, 2.75) is 13.8 Å². The summed E-state index contributed by atoms with van der Waals surface area (Å²) in [5, 5.41) is 0. The number of nitrogens with zero attached hydrogens (tertiary/aromatic N) is 1. The summed E-state index contributed by atoms with van der Waals surface area (Å²) in [5.74, 6) is 0.153. The topological polar surface area (TPSA) is 29.5 Å². The quantitative estimate of drug-likeness (QED) is 0.730. The standard InChI is InChI=1S/C11H15NO2S/c1-8-7-10(9(2)15-8)11(13)12-3-5-14-6-4-12/h7H,3-6H2,1-2H3. The lowest BCUT2D eigenvalue weighted by molar-refractivity contribution is 0.0303. The fraction of sp³-hybridized carbons (Fsp3) is 0.545. The average Bonchev–Trinajstić information content (AvgIpc) is 2.58. The van der Waals surface area contributed by atoms with E-state index in [-0.39, 0.29) is 5.91 Å².